The van der Waals surface area contributed by atoms with Gasteiger partial charge in [-0.2, -0.15) is 0 Å². The molecule has 0 spiro atoms. The van der Waals surface area contributed by atoms with Crippen LogP contribution in [0.2, 0.25) is 0 Å². The molecule has 9 nitrogen and oxygen atoms in total. The first-order valence-electron chi connectivity index (χ1n) is 5.47. The van der Waals surface area contributed by atoms with E-state index in [-0.39, 0.29) is 16.5 Å². The van der Waals surface area contributed by atoms with Gasteiger partial charge in [0.25, 0.3) is 0 Å². The Labute approximate surface area is 118 Å². The van der Waals surface area contributed by atoms with E-state index in [0.717, 1.165) is 23.1 Å². The van der Waals surface area contributed by atoms with Gasteiger partial charge in [-0.05, 0) is 31.7 Å². The van der Waals surface area contributed by atoms with E-state index in [1.165, 1.54) is 6.33 Å². The lowest BCUT2D eigenvalue weighted by Crippen LogP contribution is -2.12. The number of rotatable bonds is 4. The SMILES string of the molecule is Cc1cc(C)nc(Sc2ncnc(NN)c2[N+](=O)[O-])n1. The van der Waals surface area contributed by atoms with Crippen molar-refractivity contribution in [3.05, 3.63) is 33.9 Å². The topological polar surface area (TPSA) is 133 Å². The zero-order chi connectivity index (χ0) is 14.7. The van der Waals surface area contributed by atoms with Gasteiger partial charge in [0.2, 0.25) is 5.82 Å². The molecule has 0 bridgehead atoms. The third-order valence-corrected chi connectivity index (χ3v) is 3.11. The third kappa shape index (κ3) is 2.97. The predicted molar refractivity (Wildman–Crippen MR) is 72.1 cm³/mol. The molecule has 2 aromatic rings. The molecule has 0 amide bonds. The summed E-state index contributed by atoms with van der Waals surface area (Å²) >= 11 is 0.990. The molecule has 0 aliphatic carbocycles. The maximum atomic E-state index is 11.1. The molecule has 2 rings (SSSR count). The average molecular weight is 293 g/mol. The average Bonchev–Trinajstić information content (AvgIpc) is 2.36. The van der Waals surface area contributed by atoms with E-state index in [1.807, 2.05) is 19.9 Å². The molecule has 0 unspecified atom stereocenters. The van der Waals surface area contributed by atoms with Crippen molar-refractivity contribution in [3.63, 3.8) is 0 Å². The highest BCUT2D eigenvalue weighted by molar-refractivity contribution is 7.99. The number of hydrazine groups is 1. The number of nitro groups is 1. The van der Waals surface area contributed by atoms with Gasteiger partial charge >= 0.3 is 5.69 Å². The molecule has 0 atom stereocenters. The minimum absolute atomic E-state index is 0.0584. The Morgan fingerprint density at radius 2 is 1.95 bits per heavy atom. The second-order valence-electron chi connectivity index (χ2n) is 3.81. The van der Waals surface area contributed by atoms with Crippen molar-refractivity contribution >= 4 is 23.3 Å². The van der Waals surface area contributed by atoms with Crippen LogP contribution in [0.15, 0.2) is 22.6 Å². The molecule has 10 heteroatoms. The number of nitrogen functional groups attached to an aromatic ring is 1. The van der Waals surface area contributed by atoms with Gasteiger partial charge in [0.15, 0.2) is 10.2 Å². The maximum absolute atomic E-state index is 11.1. The quantitative estimate of drug-likeness (QED) is 0.280. The lowest BCUT2D eigenvalue weighted by molar-refractivity contribution is -0.387. The van der Waals surface area contributed by atoms with Crippen molar-refractivity contribution in [1.82, 2.24) is 19.9 Å². The first kappa shape index (κ1) is 14.1. The second kappa shape index (κ2) is 5.75. The van der Waals surface area contributed by atoms with E-state index in [2.05, 4.69) is 25.4 Å². The predicted octanol–water partition coefficient (Wildman–Crippen LogP) is 1.23. The molecular formula is C10H11N7O2S. The van der Waals surface area contributed by atoms with Crippen LogP contribution in [-0.4, -0.2) is 24.9 Å². The van der Waals surface area contributed by atoms with E-state index >= 15 is 0 Å². The fourth-order valence-electron chi connectivity index (χ4n) is 1.53. The number of nitrogens with zero attached hydrogens (tertiary/aromatic N) is 5. The van der Waals surface area contributed by atoms with Crippen LogP contribution >= 0.6 is 11.8 Å². The van der Waals surface area contributed by atoms with Crippen LogP contribution in [0.3, 0.4) is 0 Å². The summed E-state index contributed by atoms with van der Waals surface area (Å²) in [6.07, 6.45) is 1.19. The van der Waals surface area contributed by atoms with Gasteiger partial charge in [-0.25, -0.2) is 25.8 Å². The van der Waals surface area contributed by atoms with Crippen molar-refractivity contribution < 1.29 is 4.92 Å². The molecule has 0 aliphatic heterocycles. The Morgan fingerprint density at radius 1 is 1.30 bits per heavy atom. The Morgan fingerprint density at radius 3 is 2.50 bits per heavy atom. The Balaban J connectivity index is 2.45. The summed E-state index contributed by atoms with van der Waals surface area (Å²) in [5.74, 6) is 5.16. The van der Waals surface area contributed by atoms with Crippen molar-refractivity contribution in [3.8, 4) is 0 Å². The maximum Gasteiger partial charge on any atom is 0.345 e. The first-order valence-corrected chi connectivity index (χ1v) is 6.29. The number of anilines is 1. The number of nitrogens with one attached hydrogen (secondary N) is 1. The highest BCUT2D eigenvalue weighted by atomic mass is 32.2. The van der Waals surface area contributed by atoms with Crippen LogP contribution in [0, 0.1) is 24.0 Å². The highest BCUT2D eigenvalue weighted by Gasteiger charge is 2.24. The van der Waals surface area contributed by atoms with E-state index in [4.69, 9.17) is 5.84 Å². The largest absolute Gasteiger partial charge is 0.345 e. The number of hydrogen-bond donors (Lipinski definition) is 2. The summed E-state index contributed by atoms with van der Waals surface area (Å²) in [5, 5.41) is 11.6. The zero-order valence-electron chi connectivity index (χ0n) is 10.7. The van der Waals surface area contributed by atoms with Crippen LogP contribution in [0.25, 0.3) is 0 Å². The zero-order valence-corrected chi connectivity index (χ0v) is 11.5. The smallest absolute Gasteiger partial charge is 0.303 e. The van der Waals surface area contributed by atoms with Gasteiger partial charge in [0.1, 0.15) is 6.33 Å². The molecule has 0 aliphatic rings. The van der Waals surface area contributed by atoms with E-state index in [9.17, 15) is 10.1 Å². The van der Waals surface area contributed by atoms with Gasteiger partial charge in [-0.15, -0.1) is 0 Å². The number of aryl methyl sites for hydroxylation is 2. The molecule has 0 fully saturated rings. The van der Waals surface area contributed by atoms with Gasteiger partial charge in [-0.3, -0.25) is 10.1 Å². The fourth-order valence-corrected chi connectivity index (χ4v) is 2.45. The van der Waals surface area contributed by atoms with Crippen LogP contribution in [0.1, 0.15) is 11.4 Å². The van der Waals surface area contributed by atoms with E-state index < -0.39 is 4.92 Å². The molecule has 3 N–H and O–H groups in total. The molecule has 20 heavy (non-hydrogen) atoms. The van der Waals surface area contributed by atoms with Gasteiger partial charge in [0, 0.05) is 11.4 Å². The first-order chi connectivity index (χ1) is 9.51. The van der Waals surface area contributed by atoms with Crippen LogP contribution in [0.5, 0.6) is 0 Å². The standard InChI is InChI=1S/C10H11N7O2S/c1-5-3-6(2)15-10(14-5)20-9-7(17(18)19)8(16-11)12-4-13-9/h3-4H,11H2,1-2H3,(H,12,13,16). The molecule has 0 aromatic carbocycles. The van der Waals surface area contributed by atoms with Crippen LogP contribution in [0.4, 0.5) is 11.5 Å². The summed E-state index contributed by atoms with van der Waals surface area (Å²) in [7, 11) is 0. The third-order valence-electron chi connectivity index (χ3n) is 2.26. The summed E-state index contributed by atoms with van der Waals surface area (Å²) in [5.41, 5.74) is 3.42. The molecule has 0 radical (unpaired) electrons. The number of nitrogens with two attached hydrogens (primary N) is 1. The fraction of sp³-hybridized carbons (Fsp3) is 0.200. The minimum Gasteiger partial charge on any atom is -0.303 e. The van der Waals surface area contributed by atoms with Gasteiger partial charge < -0.3 is 5.43 Å². The van der Waals surface area contributed by atoms with Crippen molar-refractivity contribution in [2.45, 2.75) is 24.0 Å². The lowest BCUT2D eigenvalue weighted by atomic mass is 10.4. The summed E-state index contributed by atoms with van der Waals surface area (Å²) < 4.78 is 0. The van der Waals surface area contributed by atoms with E-state index in [0.29, 0.717) is 5.16 Å². The van der Waals surface area contributed by atoms with Crippen molar-refractivity contribution in [2.75, 3.05) is 5.43 Å². The molecule has 2 heterocycles. The molecule has 104 valence electrons. The second-order valence-corrected chi connectivity index (χ2v) is 4.77. The lowest BCUT2D eigenvalue weighted by Gasteiger charge is -2.05. The molecular weight excluding hydrogens is 282 g/mol. The molecule has 0 saturated heterocycles. The van der Waals surface area contributed by atoms with Gasteiger partial charge in [0.05, 0.1) is 4.92 Å². The highest BCUT2D eigenvalue weighted by Crippen LogP contribution is 2.34. The summed E-state index contributed by atoms with van der Waals surface area (Å²) in [6, 6.07) is 1.81. The Bertz CT molecular complexity index is 644. The van der Waals surface area contributed by atoms with Gasteiger partial charge in [-0.1, -0.05) is 0 Å². The molecule has 0 saturated carbocycles. The van der Waals surface area contributed by atoms with E-state index in [1.54, 1.807) is 0 Å². The van der Waals surface area contributed by atoms with Crippen LogP contribution < -0.4 is 11.3 Å². The van der Waals surface area contributed by atoms with Crippen molar-refractivity contribution in [1.29, 1.82) is 0 Å². The summed E-state index contributed by atoms with van der Waals surface area (Å²) in [4.78, 5) is 26.5. The Kier molecular flexibility index (Phi) is 4.05. The van der Waals surface area contributed by atoms with Crippen molar-refractivity contribution in [2.24, 2.45) is 5.84 Å². The Hall–Kier alpha value is -2.33. The summed E-state index contributed by atoms with van der Waals surface area (Å²) in [6.45, 7) is 3.64. The minimum atomic E-state index is -0.597. The molecule has 2 aromatic heterocycles. The monoisotopic (exact) mass is 293 g/mol. The number of aromatic nitrogens is 4. The van der Waals surface area contributed by atoms with Crippen LogP contribution in [-0.2, 0) is 0 Å². The normalized spacial score (nSPS) is 10.3. The number of hydrogen-bond acceptors (Lipinski definition) is 9.